The highest BCUT2D eigenvalue weighted by Gasteiger charge is 2.20. The van der Waals surface area contributed by atoms with Crippen LogP contribution in [0.3, 0.4) is 0 Å². The normalized spacial score (nSPS) is 12.3. The molecule has 2 nitrogen and oxygen atoms in total. The van der Waals surface area contributed by atoms with E-state index < -0.39 is 0 Å². The number of benzene rings is 6. The van der Waals surface area contributed by atoms with Crippen LogP contribution in [0.5, 0.6) is 0 Å². The lowest BCUT2D eigenvalue weighted by atomic mass is 9.84. The lowest BCUT2D eigenvalue weighted by molar-refractivity contribution is -0.134. The van der Waals surface area contributed by atoms with Gasteiger partial charge < -0.3 is 9.47 Å². The summed E-state index contributed by atoms with van der Waals surface area (Å²) in [5, 5.41) is 13.2. The zero-order valence-corrected chi connectivity index (χ0v) is 18.5. The highest BCUT2D eigenvalue weighted by atomic mass is 16.7. The first-order valence-electron chi connectivity index (χ1n) is 11.5. The first-order valence-corrected chi connectivity index (χ1v) is 11.5. The fraction of sp³-hybridized carbons (Fsp3) is 0.200. The summed E-state index contributed by atoms with van der Waals surface area (Å²) in [6.07, 6.45) is 0.485. The van der Waals surface area contributed by atoms with Crippen molar-refractivity contribution in [2.45, 2.75) is 26.6 Å². The third kappa shape index (κ3) is 2.80. The van der Waals surface area contributed by atoms with Crippen LogP contribution in [0.4, 0.5) is 0 Å². The molecule has 0 N–H and O–H groups in total. The van der Waals surface area contributed by atoms with Crippen molar-refractivity contribution >= 4 is 53.9 Å². The quantitative estimate of drug-likeness (QED) is 0.156. The second-order valence-corrected chi connectivity index (χ2v) is 8.38. The van der Waals surface area contributed by atoms with E-state index in [-0.39, 0.29) is 6.29 Å². The third-order valence-electron chi connectivity index (χ3n) is 6.70. The highest BCUT2D eigenvalue weighted by molar-refractivity contribution is 6.38. The fourth-order valence-electron chi connectivity index (χ4n) is 5.52. The van der Waals surface area contributed by atoms with Crippen molar-refractivity contribution in [3.05, 3.63) is 84.4 Å². The van der Waals surface area contributed by atoms with E-state index in [4.69, 9.17) is 9.47 Å². The number of hydrogen-bond acceptors (Lipinski definition) is 2. The molecule has 0 heterocycles. The molecule has 0 fully saturated rings. The van der Waals surface area contributed by atoms with Gasteiger partial charge in [0.2, 0.25) is 0 Å². The molecule has 2 heteroatoms. The Labute approximate surface area is 187 Å². The summed E-state index contributed by atoms with van der Waals surface area (Å²) in [6, 6.07) is 28.9. The van der Waals surface area contributed by atoms with Crippen molar-refractivity contribution in [3.63, 3.8) is 0 Å². The predicted molar refractivity (Wildman–Crippen MR) is 136 cm³/mol. The van der Waals surface area contributed by atoms with Crippen LogP contribution in [-0.4, -0.2) is 19.5 Å². The van der Waals surface area contributed by atoms with Crippen LogP contribution in [0.2, 0.25) is 0 Å². The Balaban J connectivity index is 1.82. The number of ether oxygens (including phenoxy) is 2. The van der Waals surface area contributed by atoms with Gasteiger partial charge in [-0.15, -0.1) is 0 Å². The van der Waals surface area contributed by atoms with Gasteiger partial charge in [0.1, 0.15) is 0 Å². The summed E-state index contributed by atoms with van der Waals surface area (Å²) < 4.78 is 11.9. The molecule has 0 aliphatic rings. The van der Waals surface area contributed by atoms with Crippen LogP contribution in [0.1, 0.15) is 19.4 Å². The van der Waals surface area contributed by atoms with E-state index in [1.807, 2.05) is 13.8 Å². The van der Waals surface area contributed by atoms with E-state index in [1.54, 1.807) is 0 Å². The van der Waals surface area contributed by atoms with Gasteiger partial charge in [-0.25, -0.2) is 0 Å². The smallest absolute Gasteiger partial charge is 0.161 e. The Bertz CT molecular complexity index is 1570. The van der Waals surface area contributed by atoms with Crippen LogP contribution in [0, 0.1) is 0 Å². The molecule has 6 aromatic rings. The Kier molecular flexibility index (Phi) is 4.71. The molecular weight excluding hydrogens is 392 g/mol. The molecule has 0 atom stereocenters. The lowest BCUT2D eigenvalue weighted by Crippen LogP contribution is -2.20. The Morgan fingerprint density at radius 1 is 0.531 bits per heavy atom. The average Bonchev–Trinajstić information content (AvgIpc) is 2.83. The molecule has 6 rings (SSSR count). The standard InChI is InChI=1S/C30H26O2/c1-3-31-27(32-4-2)18-26-20-12-5-6-13-21(20)30-25-17-8-11-19-10-7-14-22(28(19)25)23-15-9-16-24(26)29(23)30/h5-17,27H,3-4,18H2,1-2H3. The molecule has 32 heavy (non-hydrogen) atoms. The van der Waals surface area contributed by atoms with E-state index in [0.717, 1.165) is 6.42 Å². The molecule has 0 aliphatic heterocycles. The van der Waals surface area contributed by atoms with E-state index in [2.05, 4.69) is 78.9 Å². The SMILES string of the molecule is CCOC(Cc1c2ccccc2c2c3cccc4cccc(c5cccc1c52)c43)OCC. The monoisotopic (exact) mass is 418 g/mol. The second kappa shape index (κ2) is 7.74. The van der Waals surface area contributed by atoms with Crippen molar-refractivity contribution in [2.75, 3.05) is 13.2 Å². The first-order chi connectivity index (χ1) is 15.8. The Morgan fingerprint density at radius 2 is 1.03 bits per heavy atom. The van der Waals surface area contributed by atoms with Gasteiger partial charge in [0.05, 0.1) is 0 Å². The van der Waals surface area contributed by atoms with Crippen molar-refractivity contribution in [3.8, 4) is 0 Å². The highest BCUT2D eigenvalue weighted by Crippen LogP contribution is 2.45. The van der Waals surface area contributed by atoms with Gasteiger partial charge in [0.15, 0.2) is 6.29 Å². The molecule has 158 valence electrons. The molecule has 0 aliphatic carbocycles. The fourth-order valence-corrected chi connectivity index (χ4v) is 5.52. The summed E-state index contributed by atoms with van der Waals surface area (Å²) in [7, 11) is 0. The van der Waals surface area contributed by atoms with Gasteiger partial charge in [-0.1, -0.05) is 78.9 Å². The van der Waals surface area contributed by atoms with E-state index in [9.17, 15) is 0 Å². The molecule has 0 unspecified atom stereocenters. The molecule has 0 radical (unpaired) electrons. The maximum absolute atomic E-state index is 5.97. The number of fused-ring (bicyclic) bond motifs is 4. The minimum absolute atomic E-state index is 0.246. The minimum atomic E-state index is -0.246. The Morgan fingerprint density at radius 3 is 1.75 bits per heavy atom. The van der Waals surface area contributed by atoms with Gasteiger partial charge in [0, 0.05) is 19.6 Å². The van der Waals surface area contributed by atoms with Crippen LogP contribution >= 0.6 is 0 Å². The van der Waals surface area contributed by atoms with Gasteiger partial charge in [-0.3, -0.25) is 0 Å². The number of rotatable bonds is 6. The topological polar surface area (TPSA) is 18.5 Å². The van der Waals surface area contributed by atoms with Gasteiger partial charge in [-0.05, 0) is 73.3 Å². The molecule has 0 aromatic heterocycles. The summed E-state index contributed by atoms with van der Waals surface area (Å²) in [4.78, 5) is 0. The summed E-state index contributed by atoms with van der Waals surface area (Å²) in [6.45, 7) is 5.33. The average molecular weight is 419 g/mol. The lowest BCUT2D eigenvalue weighted by Gasteiger charge is -2.22. The van der Waals surface area contributed by atoms with Crippen LogP contribution in [0.15, 0.2) is 78.9 Å². The molecule has 0 saturated heterocycles. The maximum Gasteiger partial charge on any atom is 0.161 e. The van der Waals surface area contributed by atoms with Crippen molar-refractivity contribution in [1.29, 1.82) is 0 Å². The summed E-state index contributed by atoms with van der Waals surface area (Å²) in [5.74, 6) is 0. The zero-order valence-electron chi connectivity index (χ0n) is 18.5. The van der Waals surface area contributed by atoms with E-state index in [1.165, 1.54) is 59.4 Å². The summed E-state index contributed by atoms with van der Waals surface area (Å²) >= 11 is 0. The van der Waals surface area contributed by atoms with Crippen molar-refractivity contribution in [2.24, 2.45) is 0 Å². The van der Waals surface area contributed by atoms with Crippen molar-refractivity contribution < 1.29 is 9.47 Å². The van der Waals surface area contributed by atoms with Crippen LogP contribution in [0.25, 0.3) is 53.9 Å². The van der Waals surface area contributed by atoms with Crippen LogP contribution in [-0.2, 0) is 15.9 Å². The molecule has 6 aromatic carbocycles. The molecule has 0 amide bonds. The van der Waals surface area contributed by atoms with Crippen LogP contribution < -0.4 is 0 Å². The van der Waals surface area contributed by atoms with E-state index in [0.29, 0.717) is 13.2 Å². The van der Waals surface area contributed by atoms with Gasteiger partial charge in [-0.2, -0.15) is 0 Å². The number of hydrogen-bond donors (Lipinski definition) is 0. The predicted octanol–water partition coefficient (Wildman–Crippen LogP) is 7.83. The first kappa shape index (κ1) is 19.5. The third-order valence-corrected chi connectivity index (χ3v) is 6.70. The molecule has 0 spiro atoms. The largest absolute Gasteiger partial charge is 0.353 e. The van der Waals surface area contributed by atoms with Gasteiger partial charge >= 0.3 is 0 Å². The second-order valence-electron chi connectivity index (χ2n) is 8.38. The minimum Gasteiger partial charge on any atom is -0.353 e. The Hall–Kier alpha value is -3.20. The maximum atomic E-state index is 5.97. The molecular formula is C30H26O2. The zero-order chi connectivity index (χ0) is 21.7. The van der Waals surface area contributed by atoms with Crippen molar-refractivity contribution in [1.82, 2.24) is 0 Å². The summed E-state index contributed by atoms with van der Waals surface area (Å²) in [5.41, 5.74) is 1.31. The van der Waals surface area contributed by atoms with Gasteiger partial charge in [0.25, 0.3) is 0 Å². The molecule has 0 saturated carbocycles. The molecule has 0 bridgehead atoms. The van der Waals surface area contributed by atoms with E-state index >= 15 is 0 Å².